The number of methoxy groups -OCH3 is 2. The molecule has 0 radical (unpaired) electrons. The predicted molar refractivity (Wildman–Crippen MR) is 74.4 cm³/mol. The summed E-state index contributed by atoms with van der Waals surface area (Å²) < 4.78 is 16.1. The molecule has 0 atom stereocenters. The van der Waals surface area contributed by atoms with Crippen LogP contribution in [0.1, 0.15) is 5.69 Å². The summed E-state index contributed by atoms with van der Waals surface area (Å²) in [5.74, 6) is 2.31. The quantitative estimate of drug-likeness (QED) is 0.870. The van der Waals surface area contributed by atoms with E-state index in [2.05, 4.69) is 15.3 Å². The molecule has 1 aromatic carbocycles. The van der Waals surface area contributed by atoms with Gasteiger partial charge in [0.1, 0.15) is 17.2 Å². The summed E-state index contributed by atoms with van der Waals surface area (Å²) in [5, 5.41) is 3.01. The fraction of sp³-hybridized carbons (Fsp3) is 0.286. The fourth-order valence-electron chi connectivity index (χ4n) is 1.66. The second-order valence-corrected chi connectivity index (χ2v) is 4.03. The summed E-state index contributed by atoms with van der Waals surface area (Å²) >= 11 is 0. The first-order valence-electron chi connectivity index (χ1n) is 6.11. The third kappa shape index (κ3) is 3.58. The Hall–Kier alpha value is -2.34. The molecule has 0 amide bonds. The molecular formula is C14H17N3O3. The average Bonchev–Trinajstić information content (AvgIpc) is 2.47. The third-order valence-corrected chi connectivity index (χ3v) is 2.57. The van der Waals surface area contributed by atoms with E-state index in [1.165, 1.54) is 0 Å². The van der Waals surface area contributed by atoms with Crippen molar-refractivity contribution in [3.8, 4) is 23.1 Å². The van der Waals surface area contributed by atoms with Gasteiger partial charge in [0.15, 0.2) is 0 Å². The zero-order valence-electron chi connectivity index (χ0n) is 11.7. The summed E-state index contributed by atoms with van der Waals surface area (Å²) in [6, 6.07) is 5.29. The first kappa shape index (κ1) is 14.1. The number of nitrogens with one attached hydrogen (secondary N) is 1. The number of ether oxygens (including phenoxy) is 3. The predicted octanol–water partition coefficient (Wildman–Crippen LogP) is 2.01. The third-order valence-electron chi connectivity index (χ3n) is 2.57. The standard InChI is InChI=1S/C14H17N3O3/c1-15-7-10-8-16-9-14(17-10)20-13-5-11(18-2)4-12(6-13)19-3/h4-6,8-9,15H,7H2,1-3H3. The van der Waals surface area contributed by atoms with E-state index in [1.54, 1.807) is 44.8 Å². The van der Waals surface area contributed by atoms with E-state index in [-0.39, 0.29) is 0 Å². The lowest BCUT2D eigenvalue weighted by Crippen LogP contribution is -2.07. The van der Waals surface area contributed by atoms with Gasteiger partial charge in [-0.05, 0) is 7.05 Å². The van der Waals surface area contributed by atoms with Crippen molar-refractivity contribution in [1.29, 1.82) is 0 Å². The highest BCUT2D eigenvalue weighted by atomic mass is 16.5. The largest absolute Gasteiger partial charge is 0.496 e. The fourth-order valence-corrected chi connectivity index (χ4v) is 1.66. The molecule has 0 aliphatic rings. The molecule has 20 heavy (non-hydrogen) atoms. The van der Waals surface area contributed by atoms with Gasteiger partial charge in [0.25, 0.3) is 0 Å². The molecule has 0 saturated carbocycles. The minimum atomic E-state index is 0.424. The molecule has 106 valence electrons. The van der Waals surface area contributed by atoms with Crippen molar-refractivity contribution >= 4 is 0 Å². The maximum absolute atomic E-state index is 5.69. The van der Waals surface area contributed by atoms with Gasteiger partial charge in [-0.25, -0.2) is 4.98 Å². The van der Waals surface area contributed by atoms with Crippen LogP contribution in [-0.2, 0) is 6.54 Å². The van der Waals surface area contributed by atoms with E-state index >= 15 is 0 Å². The van der Waals surface area contributed by atoms with E-state index in [9.17, 15) is 0 Å². The summed E-state index contributed by atoms with van der Waals surface area (Å²) in [7, 11) is 5.03. The van der Waals surface area contributed by atoms with Crippen LogP contribution in [0.3, 0.4) is 0 Å². The average molecular weight is 275 g/mol. The lowest BCUT2D eigenvalue weighted by molar-refractivity contribution is 0.384. The Morgan fingerprint density at radius 2 is 1.65 bits per heavy atom. The van der Waals surface area contributed by atoms with Crippen LogP contribution < -0.4 is 19.5 Å². The highest BCUT2D eigenvalue weighted by molar-refractivity contribution is 5.43. The maximum atomic E-state index is 5.69. The normalized spacial score (nSPS) is 10.2. The molecule has 6 nitrogen and oxygen atoms in total. The van der Waals surface area contributed by atoms with Crippen molar-refractivity contribution in [1.82, 2.24) is 15.3 Å². The van der Waals surface area contributed by atoms with Gasteiger partial charge in [-0.3, -0.25) is 4.98 Å². The number of aromatic nitrogens is 2. The van der Waals surface area contributed by atoms with Crippen molar-refractivity contribution in [2.24, 2.45) is 0 Å². The lowest BCUT2D eigenvalue weighted by atomic mass is 10.3. The van der Waals surface area contributed by atoms with Crippen LogP contribution >= 0.6 is 0 Å². The number of nitrogens with zero attached hydrogens (tertiary/aromatic N) is 2. The van der Waals surface area contributed by atoms with Gasteiger partial charge in [-0.2, -0.15) is 0 Å². The molecule has 0 saturated heterocycles. The molecule has 2 rings (SSSR count). The summed E-state index contributed by atoms with van der Waals surface area (Å²) in [4.78, 5) is 8.43. The van der Waals surface area contributed by atoms with Crippen molar-refractivity contribution in [2.45, 2.75) is 6.54 Å². The summed E-state index contributed by atoms with van der Waals surface area (Å²) in [6.07, 6.45) is 3.25. The molecule has 0 bridgehead atoms. The molecule has 1 aromatic heterocycles. The van der Waals surface area contributed by atoms with Gasteiger partial charge < -0.3 is 19.5 Å². The molecule has 0 aliphatic carbocycles. The zero-order valence-corrected chi connectivity index (χ0v) is 11.7. The van der Waals surface area contributed by atoms with Crippen LogP contribution in [0.2, 0.25) is 0 Å². The van der Waals surface area contributed by atoms with Crippen LogP contribution in [0.15, 0.2) is 30.6 Å². The molecule has 0 fully saturated rings. The van der Waals surface area contributed by atoms with Gasteiger partial charge >= 0.3 is 0 Å². The Morgan fingerprint density at radius 3 is 2.25 bits per heavy atom. The van der Waals surface area contributed by atoms with Gasteiger partial charge in [0, 0.05) is 30.9 Å². The first-order chi connectivity index (χ1) is 9.75. The van der Waals surface area contributed by atoms with Gasteiger partial charge in [0.2, 0.25) is 5.88 Å². The number of hydrogen-bond acceptors (Lipinski definition) is 6. The SMILES string of the molecule is CNCc1cncc(Oc2cc(OC)cc(OC)c2)n1. The molecule has 0 aliphatic heterocycles. The second-order valence-electron chi connectivity index (χ2n) is 4.03. The van der Waals surface area contributed by atoms with E-state index in [1.807, 2.05) is 7.05 Å². The first-order valence-corrected chi connectivity index (χ1v) is 6.11. The van der Waals surface area contributed by atoms with E-state index in [4.69, 9.17) is 14.2 Å². The minimum absolute atomic E-state index is 0.424. The van der Waals surface area contributed by atoms with Crippen LogP contribution in [0.4, 0.5) is 0 Å². The monoisotopic (exact) mass is 275 g/mol. The topological polar surface area (TPSA) is 65.5 Å². The Bertz CT molecular complexity index is 553. The van der Waals surface area contributed by atoms with Crippen molar-refractivity contribution in [3.63, 3.8) is 0 Å². The van der Waals surface area contributed by atoms with E-state index < -0.39 is 0 Å². The Balaban J connectivity index is 2.22. The van der Waals surface area contributed by atoms with E-state index in [0.29, 0.717) is 29.7 Å². The van der Waals surface area contributed by atoms with Crippen molar-refractivity contribution < 1.29 is 14.2 Å². The molecule has 0 spiro atoms. The van der Waals surface area contributed by atoms with Gasteiger partial charge in [0.05, 0.1) is 26.1 Å². The van der Waals surface area contributed by atoms with Crippen LogP contribution in [0.25, 0.3) is 0 Å². The van der Waals surface area contributed by atoms with Crippen LogP contribution in [-0.4, -0.2) is 31.2 Å². The molecule has 6 heteroatoms. The lowest BCUT2D eigenvalue weighted by Gasteiger charge is -2.09. The number of rotatable bonds is 6. The molecule has 2 aromatic rings. The highest BCUT2D eigenvalue weighted by Gasteiger charge is 2.06. The number of hydrogen-bond donors (Lipinski definition) is 1. The Kier molecular flexibility index (Phi) is 4.73. The van der Waals surface area contributed by atoms with Crippen molar-refractivity contribution in [2.75, 3.05) is 21.3 Å². The molecule has 1 heterocycles. The summed E-state index contributed by atoms with van der Waals surface area (Å²) in [6.45, 7) is 0.631. The number of benzene rings is 1. The second kappa shape index (κ2) is 6.72. The van der Waals surface area contributed by atoms with Gasteiger partial charge in [-0.15, -0.1) is 0 Å². The molecule has 1 N–H and O–H groups in total. The maximum Gasteiger partial charge on any atom is 0.238 e. The van der Waals surface area contributed by atoms with E-state index in [0.717, 1.165) is 5.69 Å². The summed E-state index contributed by atoms with van der Waals surface area (Å²) in [5.41, 5.74) is 0.805. The van der Waals surface area contributed by atoms with Gasteiger partial charge in [-0.1, -0.05) is 0 Å². The highest BCUT2D eigenvalue weighted by Crippen LogP contribution is 2.29. The van der Waals surface area contributed by atoms with Crippen LogP contribution in [0.5, 0.6) is 23.1 Å². The Labute approximate surface area is 117 Å². The van der Waals surface area contributed by atoms with Crippen LogP contribution in [0, 0.1) is 0 Å². The molecular weight excluding hydrogens is 258 g/mol. The zero-order chi connectivity index (χ0) is 14.4. The minimum Gasteiger partial charge on any atom is -0.496 e. The van der Waals surface area contributed by atoms with Crippen molar-refractivity contribution in [3.05, 3.63) is 36.3 Å². The Morgan fingerprint density at radius 1 is 1.00 bits per heavy atom. The smallest absolute Gasteiger partial charge is 0.238 e. The molecule has 0 unspecified atom stereocenters.